The number of amides is 1. The first-order valence-corrected chi connectivity index (χ1v) is 16.2. The number of nitrogens with zero attached hydrogens (tertiary/aromatic N) is 1. The lowest BCUT2D eigenvalue weighted by Crippen LogP contribution is -3.00. The Labute approximate surface area is 266 Å². The summed E-state index contributed by atoms with van der Waals surface area (Å²) in [6.45, 7) is 5.63. The number of unbranched alkanes of at least 4 members (excludes halogenated alkanes) is 11. The fraction of sp³-hybridized carbons (Fsp3) is 0.515. The van der Waals surface area contributed by atoms with Gasteiger partial charge in [0, 0.05) is 18.2 Å². The molecular weight excluding hydrogens is 620 g/mol. The van der Waals surface area contributed by atoms with E-state index in [0.717, 1.165) is 25.1 Å². The van der Waals surface area contributed by atoms with Gasteiger partial charge < -0.3 is 31.8 Å². The first kappa shape index (κ1) is 35.1. The van der Waals surface area contributed by atoms with E-state index in [-0.39, 0.29) is 29.5 Å². The van der Waals surface area contributed by atoms with E-state index < -0.39 is 0 Å². The van der Waals surface area contributed by atoms with Gasteiger partial charge in [0.2, 0.25) is 5.51 Å². The lowest BCUT2D eigenvalue weighted by atomic mass is 10.1. The van der Waals surface area contributed by atoms with Crippen molar-refractivity contribution in [3.05, 3.63) is 69.6 Å². The van der Waals surface area contributed by atoms with E-state index in [9.17, 15) is 4.79 Å². The van der Waals surface area contributed by atoms with Crippen LogP contribution in [-0.2, 0) is 11.3 Å². The lowest BCUT2D eigenvalue weighted by Gasteiger charge is -2.14. The van der Waals surface area contributed by atoms with Crippen LogP contribution in [0.2, 0.25) is 5.02 Å². The summed E-state index contributed by atoms with van der Waals surface area (Å²) in [5.41, 5.74) is 5.25. The van der Waals surface area contributed by atoms with E-state index in [1.165, 1.54) is 75.5 Å². The maximum absolute atomic E-state index is 12.5. The number of rotatable bonds is 20. The highest BCUT2D eigenvalue weighted by molar-refractivity contribution is 7.07. The summed E-state index contributed by atoms with van der Waals surface area (Å²) in [5, 5.41) is 5.52. The number of nitrogens with one attached hydrogen (secondary N) is 1. The highest BCUT2D eigenvalue weighted by Crippen LogP contribution is 2.35. The molecule has 0 aliphatic heterocycles. The van der Waals surface area contributed by atoms with Crippen molar-refractivity contribution >= 4 is 34.5 Å². The van der Waals surface area contributed by atoms with Crippen LogP contribution in [0.5, 0.6) is 11.5 Å². The molecule has 0 atom stereocenters. The van der Waals surface area contributed by atoms with Crippen molar-refractivity contribution in [3.63, 3.8) is 0 Å². The topological polar surface area (TPSA) is 51.4 Å². The van der Waals surface area contributed by atoms with E-state index >= 15 is 0 Å². The number of anilines is 1. The van der Waals surface area contributed by atoms with Gasteiger partial charge in [-0.1, -0.05) is 119 Å². The zero-order valence-electron chi connectivity index (χ0n) is 24.6. The van der Waals surface area contributed by atoms with Crippen LogP contribution in [0.15, 0.2) is 53.4 Å². The summed E-state index contributed by atoms with van der Waals surface area (Å²) in [7, 11) is 0. The molecule has 1 aromatic heterocycles. The van der Waals surface area contributed by atoms with Crippen LogP contribution in [0.3, 0.4) is 0 Å². The van der Waals surface area contributed by atoms with Crippen molar-refractivity contribution in [2.75, 3.05) is 18.5 Å². The molecule has 0 saturated heterocycles. The molecule has 3 aromatic rings. The maximum Gasteiger partial charge on any atom is 0.262 e. The van der Waals surface area contributed by atoms with E-state index in [4.69, 9.17) is 21.1 Å². The number of para-hydroxylation sites is 1. The molecule has 0 unspecified atom stereocenters. The van der Waals surface area contributed by atoms with Crippen LogP contribution in [0.1, 0.15) is 95.2 Å². The average Bonchev–Trinajstić information content (AvgIpc) is 3.36. The Hall–Kier alpha value is -2.09. The van der Waals surface area contributed by atoms with Gasteiger partial charge in [0.15, 0.2) is 30.3 Å². The molecule has 0 fully saturated rings. The van der Waals surface area contributed by atoms with E-state index in [1.807, 2.05) is 24.3 Å². The Morgan fingerprint density at radius 1 is 0.878 bits per heavy atom. The molecule has 1 heterocycles. The predicted octanol–water partition coefficient (Wildman–Crippen LogP) is 6.15. The largest absolute Gasteiger partial charge is 1.00 e. The summed E-state index contributed by atoms with van der Waals surface area (Å²) < 4.78 is 14.0. The van der Waals surface area contributed by atoms with Crippen LogP contribution in [0, 0.1) is 6.92 Å². The van der Waals surface area contributed by atoms with Crippen molar-refractivity contribution in [3.8, 4) is 11.5 Å². The van der Waals surface area contributed by atoms with Crippen molar-refractivity contribution in [1.82, 2.24) is 0 Å². The van der Waals surface area contributed by atoms with Crippen LogP contribution < -0.4 is 36.3 Å². The molecule has 226 valence electrons. The predicted molar refractivity (Wildman–Crippen MR) is 167 cm³/mol. The second kappa shape index (κ2) is 20.7. The third-order valence-corrected chi connectivity index (χ3v) is 8.16. The quantitative estimate of drug-likeness (QED) is 0.116. The summed E-state index contributed by atoms with van der Waals surface area (Å²) >= 11 is 8.08. The molecule has 0 bridgehead atoms. The smallest absolute Gasteiger partial charge is 0.262 e. The molecule has 3 rings (SSSR count). The van der Waals surface area contributed by atoms with Gasteiger partial charge in [-0.2, -0.15) is 4.57 Å². The number of benzene rings is 2. The number of carbonyl (C=O) groups is 1. The number of aromatic nitrogens is 1. The van der Waals surface area contributed by atoms with Gasteiger partial charge in [0.1, 0.15) is 0 Å². The Balaban J connectivity index is 0.00000588. The van der Waals surface area contributed by atoms with E-state index in [2.05, 4.69) is 34.6 Å². The first-order valence-electron chi connectivity index (χ1n) is 14.9. The fourth-order valence-corrected chi connectivity index (χ4v) is 5.61. The third-order valence-electron chi connectivity index (χ3n) is 7.00. The number of thiazole rings is 1. The SMILES string of the molecule is CCCCCCCCCCCCCCOc1c(Cl)cccc1OCC(=O)Nc1ccc(C[n+]2cscc2C)cc1.[Br-]. The minimum Gasteiger partial charge on any atom is -1.00 e. The minimum absolute atomic E-state index is 0. The van der Waals surface area contributed by atoms with E-state index in [0.29, 0.717) is 23.1 Å². The second-order valence-electron chi connectivity index (χ2n) is 10.5. The van der Waals surface area contributed by atoms with Crippen molar-refractivity contribution in [2.24, 2.45) is 0 Å². The Bertz CT molecular complexity index is 1140. The van der Waals surface area contributed by atoms with Gasteiger partial charge in [-0.25, -0.2) is 0 Å². The van der Waals surface area contributed by atoms with Crippen LogP contribution in [0.25, 0.3) is 0 Å². The van der Waals surface area contributed by atoms with Gasteiger partial charge in [-0.15, -0.1) is 0 Å². The molecule has 1 amide bonds. The molecule has 0 aliphatic carbocycles. The molecule has 41 heavy (non-hydrogen) atoms. The molecule has 2 aromatic carbocycles. The number of carbonyl (C=O) groups excluding carboxylic acids is 1. The minimum atomic E-state index is -0.234. The molecule has 0 radical (unpaired) electrons. The van der Waals surface area contributed by atoms with Crippen LogP contribution >= 0.6 is 22.9 Å². The van der Waals surface area contributed by atoms with Gasteiger partial charge >= 0.3 is 0 Å². The number of hydrogen-bond donors (Lipinski definition) is 1. The molecule has 5 nitrogen and oxygen atoms in total. The number of halogens is 2. The maximum atomic E-state index is 12.5. The second-order valence-corrected chi connectivity index (χ2v) is 11.6. The molecule has 0 saturated carbocycles. The van der Waals surface area contributed by atoms with Crippen molar-refractivity contribution < 1.29 is 35.8 Å². The molecule has 0 aliphatic rings. The Morgan fingerprint density at radius 2 is 1.51 bits per heavy atom. The number of aryl methyl sites for hydroxylation is 1. The zero-order chi connectivity index (χ0) is 28.4. The van der Waals surface area contributed by atoms with Crippen LogP contribution in [-0.4, -0.2) is 19.1 Å². The molecule has 0 spiro atoms. The lowest BCUT2D eigenvalue weighted by molar-refractivity contribution is -0.689. The Morgan fingerprint density at radius 3 is 2.12 bits per heavy atom. The average molecular weight is 666 g/mol. The number of ether oxygens (including phenoxy) is 2. The highest BCUT2D eigenvalue weighted by atomic mass is 79.9. The molecular formula is C33H46BrClN2O3S. The Kier molecular flexibility index (Phi) is 17.8. The first-order chi connectivity index (χ1) is 19.6. The van der Waals surface area contributed by atoms with Gasteiger partial charge in [-0.05, 0) is 30.7 Å². The highest BCUT2D eigenvalue weighted by Gasteiger charge is 2.13. The zero-order valence-corrected chi connectivity index (χ0v) is 27.8. The van der Waals surface area contributed by atoms with Crippen molar-refractivity contribution in [2.45, 2.75) is 97.4 Å². The normalized spacial score (nSPS) is 10.7. The standard InChI is InChI=1S/C33H45ClN2O3S.BrH/c1-3-4-5-6-7-8-9-10-11-12-13-14-22-38-33-30(34)16-15-17-31(33)39-24-32(37)35-29-20-18-28(19-21-29)23-36-26-40-25-27(36)2;/h15-21,25-26H,3-14,22-24H2,1-2H3;1H. The number of hydrogen-bond acceptors (Lipinski definition) is 4. The van der Waals surface area contributed by atoms with Gasteiger partial charge in [0.25, 0.3) is 5.91 Å². The van der Waals surface area contributed by atoms with Gasteiger partial charge in [-0.3, -0.25) is 4.79 Å². The van der Waals surface area contributed by atoms with Crippen molar-refractivity contribution in [1.29, 1.82) is 0 Å². The van der Waals surface area contributed by atoms with E-state index in [1.54, 1.807) is 29.5 Å². The summed E-state index contributed by atoms with van der Waals surface area (Å²) in [6, 6.07) is 13.3. The summed E-state index contributed by atoms with van der Waals surface area (Å²) in [4.78, 5) is 12.5. The summed E-state index contributed by atoms with van der Waals surface area (Å²) in [6.07, 6.45) is 15.6. The van der Waals surface area contributed by atoms with Crippen LogP contribution in [0.4, 0.5) is 5.69 Å². The third kappa shape index (κ3) is 13.6. The molecule has 1 N–H and O–H groups in total. The summed E-state index contributed by atoms with van der Waals surface area (Å²) in [5.74, 6) is 0.758. The van der Waals surface area contributed by atoms with Gasteiger partial charge in [0.05, 0.1) is 17.0 Å². The fourth-order valence-electron chi connectivity index (χ4n) is 4.61. The monoisotopic (exact) mass is 664 g/mol. The molecule has 8 heteroatoms.